The molecular formula is C23H23ClN2O4. The van der Waals surface area contributed by atoms with Gasteiger partial charge in [0.1, 0.15) is 5.70 Å². The first-order chi connectivity index (χ1) is 14.6. The molecule has 2 aromatic rings. The third-order valence-corrected chi connectivity index (χ3v) is 5.43. The number of nitrogens with one attached hydrogen (secondary N) is 1. The van der Waals surface area contributed by atoms with Crippen molar-refractivity contribution >= 4 is 34.7 Å². The summed E-state index contributed by atoms with van der Waals surface area (Å²) < 4.78 is 10.8. The van der Waals surface area contributed by atoms with Gasteiger partial charge in [-0.05, 0) is 36.2 Å². The van der Waals surface area contributed by atoms with Crippen LogP contribution in [0.2, 0.25) is 5.02 Å². The number of imide groups is 1. The number of halogens is 1. The highest BCUT2D eigenvalue weighted by Crippen LogP contribution is 2.36. The van der Waals surface area contributed by atoms with Crippen LogP contribution in [0.1, 0.15) is 38.2 Å². The van der Waals surface area contributed by atoms with Crippen LogP contribution in [-0.2, 0) is 9.59 Å². The Morgan fingerprint density at radius 1 is 0.967 bits per heavy atom. The van der Waals surface area contributed by atoms with Crippen molar-refractivity contribution in [1.29, 1.82) is 0 Å². The molecule has 0 aliphatic carbocycles. The first-order valence-corrected chi connectivity index (χ1v) is 10.5. The van der Waals surface area contributed by atoms with Crippen LogP contribution in [0, 0.1) is 0 Å². The molecule has 0 saturated heterocycles. The summed E-state index contributed by atoms with van der Waals surface area (Å²) in [6.07, 6.45) is 3.94. The number of unbranched alkanes of at least 4 members (excludes halogenated alkanes) is 3. The predicted molar refractivity (Wildman–Crippen MR) is 115 cm³/mol. The highest BCUT2D eigenvalue weighted by molar-refractivity contribution is 6.36. The summed E-state index contributed by atoms with van der Waals surface area (Å²) in [6.45, 7) is 2.70. The largest absolute Gasteiger partial charge is 0.454 e. The summed E-state index contributed by atoms with van der Waals surface area (Å²) >= 11 is 6.01. The maximum Gasteiger partial charge on any atom is 0.278 e. The number of carbonyl (C=O) groups is 2. The van der Waals surface area contributed by atoms with Gasteiger partial charge in [0.2, 0.25) is 6.79 Å². The Hall–Kier alpha value is -2.99. The molecule has 0 bridgehead atoms. The third kappa shape index (κ3) is 4.00. The fourth-order valence-electron chi connectivity index (χ4n) is 3.59. The zero-order chi connectivity index (χ0) is 21.1. The fraction of sp³-hybridized carbons (Fsp3) is 0.304. The van der Waals surface area contributed by atoms with Crippen molar-refractivity contribution in [1.82, 2.24) is 4.90 Å². The molecule has 0 spiro atoms. The van der Waals surface area contributed by atoms with Crippen LogP contribution in [0.5, 0.6) is 11.5 Å². The number of rotatable bonds is 8. The summed E-state index contributed by atoms with van der Waals surface area (Å²) in [5, 5.41) is 3.71. The lowest BCUT2D eigenvalue weighted by molar-refractivity contribution is -0.136. The number of carbonyl (C=O) groups excluding carboxylic acids is 2. The van der Waals surface area contributed by atoms with Gasteiger partial charge in [0, 0.05) is 23.3 Å². The first-order valence-electron chi connectivity index (χ1n) is 10.1. The lowest BCUT2D eigenvalue weighted by atomic mass is 10.0. The maximum absolute atomic E-state index is 13.2. The van der Waals surface area contributed by atoms with Crippen LogP contribution in [0.15, 0.2) is 48.2 Å². The van der Waals surface area contributed by atoms with Gasteiger partial charge in [0.05, 0.1) is 5.57 Å². The smallest absolute Gasteiger partial charge is 0.278 e. The second-order valence-electron chi connectivity index (χ2n) is 7.27. The van der Waals surface area contributed by atoms with Gasteiger partial charge in [-0.15, -0.1) is 0 Å². The molecule has 4 rings (SSSR count). The van der Waals surface area contributed by atoms with E-state index in [-0.39, 0.29) is 24.3 Å². The van der Waals surface area contributed by atoms with Crippen LogP contribution < -0.4 is 14.8 Å². The molecule has 0 unspecified atom stereocenters. The number of fused-ring (bicyclic) bond motifs is 1. The summed E-state index contributed by atoms with van der Waals surface area (Å²) in [5.41, 5.74) is 1.91. The summed E-state index contributed by atoms with van der Waals surface area (Å²) in [7, 11) is 0. The van der Waals surface area contributed by atoms with Crippen molar-refractivity contribution < 1.29 is 19.1 Å². The summed E-state index contributed by atoms with van der Waals surface area (Å²) in [5.74, 6) is 0.641. The average Bonchev–Trinajstić information content (AvgIpc) is 3.30. The zero-order valence-corrected chi connectivity index (χ0v) is 17.5. The second kappa shape index (κ2) is 8.79. The predicted octanol–water partition coefficient (Wildman–Crippen LogP) is 4.84. The van der Waals surface area contributed by atoms with E-state index in [9.17, 15) is 9.59 Å². The molecule has 2 aromatic carbocycles. The minimum Gasteiger partial charge on any atom is -0.454 e. The van der Waals surface area contributed by atoms with E-state index >= 15 is 0 Å². The van der Waals surface area contributed by atoms with Crippen LogP contribution in [-0.4, -0.2) is 30.1 Å². The van der Waals surface area contributed by atoms with Gasteiger partial charge in [0.15, 0.2) is 11.5 Å². The molecule has 2 amide bonds. The second-order valence-corrected chi connectivity index (χ2v) is 7.71. The highest BCUT2D eigenvalue weighted by atomic mass is 35.5. The molecule has 6 nitrogen and oxygen atoms in total. The fourth-order valence-corrected chi connectivity index (χ4v) is 3.72. The van der Waals surface area contributed by atoms with Crippen LogP contribution in [0.4, 0.5) is 5.69 Å². The molecule has 0 atom stereocenters. The van der Waals surface area contributed by atoms with Crippen molar-refractivity contribution in [2.75, 3.05) is 18.7 Å². The van der Waals surface area contributed by atoms with E-state index in [1.807, 2.05) is 0 Å². The average molecular weight is 427 g/mol. The van der Waals surface area contributed by atoms with Crippen molar-refractivity contribution in [2.24, 2.45) is 0 Å². The Kier molecular flexibility index (Phi) is 5.95. The molecule has 156 valence electrons. The summed E-state index contributed by atoms with van der Waals surface area (Å²) in [6, 6.07) is 12.3. The van der Waals surface area contributed by atoms with Gasteiger partial charge in [-0.1, -0.05) is 49.9 Å². The number of ether oxygens (including phenoxy) is 2. The Labute approximate surface area is 180 Å². The molecule has 0 aromatic heterocycles. The number of hydrogen-bond acceptors (Lipinski definition) is 5. The van der Waals surface area contributed by atoms with E-state index < -0.39 is 0 Å². The van der Waals surface area contributed by atoms with Crippen LogP contribution in [0.25, 0.3) is 5.57 Å². The molecule has 7 heteroatoms. The van der Waals surface area contributed by atoms with Gasteiger partial charge in [0.25, 0.3) is 11.8 Å². The third-order valence-electron chi connectivity index (χ3n) is 5.18. The van der Waals surface area contributed by atoms with E-state index in [1.165, 1.54) is 4.90 Å². The first kappa shape index (κ1) is 20.3. The monoisotopic (exact) mass is 426 g/mol. The minimum atomic E-state index is -0.320. The lowest BCUT2D eigenvalue weighted by Crippen LogP contribution is -2.33. The van der Waals surface area contributed by atoms with E-state index in [4.69, 9.17) is 21.1 Å². The number of anilines is 1. The highest BCUT2D eigenvalue weighted by Gasteiger charge is 2.38. The lowest BCUT2D eigenvalue weighted by Gasteiger charge is -2.15. The molecule has 2 aliphatic heterocycles. The molecule has 2 aliphatic rings. The number of hydrogen-bond donors (Lipinski definition) is 1. The van der Waals surface area contributed by atoms with Gasteiger partial charge < -0.3 is 14.8 Å². The molecule has 0 radical (unpaired) electrons. The number of amides is 2. The van der Waals surface area contributed by atoms with E-state index in [2.05, 4.69) is 12.2 Å². The van der Waals surface area contributed by atoms with E-state index in [0.717, 1.165) is 25.7 Å². The van der Waals surface area contributed by atoms with Crippen LogP contribution >= 0.6 is 11.6 Å². The normalized spacial score (nSPS) is 15.3. The standard InChI is InChI=1S/C23H23ClN2O4/c1-2-3-4-5-12-26-22(27)20(15-6-8-16(24)9-7-15)21(23(26)28)25-17-10-11-18-19(13-17)30-14-29-18/h6-11,13,25H,2-5,12,14H2,1H3. The van der Waals surface area contributed by atoms with E-state index in [0.29, 0.717) is 39.9 Å². The maximum atomic E-state index is 13.2. The van der Waals surface area contributed by atoms with E-state index in [1.54, 1.807) is 42.5 Å². The molecule has 30 heavy (non-hydrogen) atoms. The molecule has 0 fully saturated rings. The Balaban J connectivity index is 1.65. The minimum absolute atomic E-state index is 0.167. The van der Waals surface area contributed by atoms with Gasteiger partial charge in [-0.2, -0.15) is 0 Å². The zero-order valence-electron chi connectivity index (χ0n) is 16.7. The molecular weight excluding hydrogens is 404 g/mol. The Morgan fingerprint density at radius 2 is 1.73 bits per heavy atom. The van der Waals surface area contributed by atoms with Crippen LogP contribution in [0.3, 0.4) is 0 Å². The van der Waals surface area contributed by atoms with Crippen molar-refractivity contribution in [3.05, 3.63) is 58.7 Å². The van der Waals surface area contributed by atoms with Gasteiger partial charge >= 0.3 is 0 Å². The number of benzene rings is 2. The Bertz CT molecular complexity index is 1000. The van der Waals surface area contributed by atoms with Gasteiger partial charge in [-0.3, -0.25) is 14.5 Å². The van der Waals surface area contributed by atoms with Crippen molar-refractivity contribution in [3.8, 4) is 11.5 Å². The molecule has 1 N–H and O–H groups in total. The molecule has 2 heterocycles. The molecule has 0 saturated carbocycles. The van der Waals surface area contributed by atoms with Crippen molar-refractivity contribution in [2.45, 2.75) is 32.6 Å². The quantitative estimate of drug-likeness (QED) is 0.483. The number of nitrogens with zero attached hydrogens (tertiary/aromatic N) is 1. The van der Waals surface area contributed by atoms with Crippen molar-refractivity contribution in [3.63, 3.8) is 0 Å². The van der Waals surface area contributed by atoms with Gasteiger partial charge in [-0.25, -0.2) is 0 Å². The topological polar surface area (TPSA) is 67.9 Å². The SMILES string of the molecule is CCCCCCN1C(=O)C(Nc2ccc3c(c2)OCO3)=C(c2ccc(Cl)cc2)C1=O. The Morgan fingerprint density at radius 3 is 2.50 bits per heavy atom. The summed E-state index contributed by atoms with van der Waals surface area (Å²) in [4.78, 5) is 27.7.